The molecule has 0 unspecified atom stereocenters. The molecule has 1 aliphatic rings. The van der Waals surface area contributed by atoms with Crippen LogP contribution in [0.4, 0.5) is 13.2 Å². The van der Waals surface area contributed by atoms with Crippen molar-refractivity contribution in [2.75, 3.05) is 0 Å². The predicted molar refractivity (Wildman–Crippen MR) is 121 cm³/mol. The van der Waals surface area contributed by atoms with Gasteiger partial charge in [-0.05, 0) is 67.3 Å². The van der Waals surface area contributed by atoms with E-state index in [-0.39, 0.29) is 5.56 Å². The van der Waals surface area contributed by atoms with E-state index in [1.54, 1.807) is 17.1 Å². The van der Waals surface area contributed by atoms with E-state index < -0.39 is 29.5 Å². The van der Waals surface area contributed by atoms with Gasteiger partial charge in [-0.1, -0.05) is 12.1 Å². The number of fused-ring (bicyclic) bond motifs is 1. The number of rotatable bonds is 4. The van der Waals surface area contributed by atoms with Gasteiger partial charge in [0.05, 0.1) is 24.0 Å². The zero-order valence-corrected chi connectivity index (χ0v) is 18.6. The van der Waals surface area contributed by atoms with Crippen molar-refractivity contribution in [1.82, 2.24) is 24.3 Å². The summed E-state index contributed by atoms with van der Waals surface area (Å²) in [6, 6.07) is 7.82. The number of aryl methyl sites for hydroxylation is 3. The highest BCUT2D eigenvalue weighted by Gasteiger charge is 2.33. The predicted octanol–water partition coefficient (Wildman–Crippen LogP) is 4.56. The maximum atomic E-state index is 13.8. The second kappa shape index (κ2) is 8.57. The number of aliphatic hydroxyl groups excluding tert-OH is 1. The van der Waals surface area contributed by atoms with Crippen LogP contribution in [0, 0.1) is 31.3 Å². The molecular formula is C25H22F3N5O. The van der Waals surface area contributed by atoms with Crippen molar-refractivity contribution in [1.29, 1.82) is 0 Å². The van der Waals surface area contributed by atoms with Gasteiger partial charge < -0.3 is 9.67 Å². The number of benzene rings is 2. The summed E-state index contributed by atoms with van der Waals surface area (Å²) < 4.78 is 44.7. The van der Waals surface area contributed by atoms with Gasteiger partial charge in [-0.25, -0.2) is 27.8 Å². The monoisotopic (exact) mass is 465 g/mol. The Hall–Kier alpha value is -3.72. The first-order chi connectivity index (χ1) is 16.3. The minimum atomic E-state index is -1.54. The Bertz CT molecular complexity index is 1380. The third kappa shape index (κ3) is 4.03. The molecule has 0 amide bonds. The van der Waals surface area contributed by atoms with Crippen molar-refractivity contribution in [3.05, 3.63) is 94.3 Å². The molecule has 2 atom stereocenters. The highest BCUT2D eigenvalue weighted by Crippen LogP contribution is 2.34. The maximum Gasteiger partial charge on any atom is 0.194 e. The quantitative estimate of drug-likeness (QED) is 0.449. The Morgan fingerprint density at radius 3 is 2.50 bits per heavy atom. The van der Waals surface area contributed by atoms with Gasteiger partial charge in [0.25, 0.3) is 0 Å². The zero-order chi connectivity index (χ0) is 24.0. The van der Waals surface area contributed by atoms with Crippen LogP contribution in [-0.4, -0.2) is 35.5 Å². The van der Waals surface area contributed by atoms with Crippen LogP contribution in [0.2, 0.25) is 0 Å². The van der Waals surface area contributed by atoms with Crippen molar-refractivity contribution >= 4 is 12.2 Å². The molecule has 0 saturated heterocycles. The lowest BCUT2D eigenvalue weighted by Gasteiger charge is -2.27. The lowest BCUT2D eigenvalue weighted by molar-refractivity contribution is 0.118. The average Bonchev–Trinajstić information content (AvgIpc) is 3.41. The molecule has 0 fully saturated rings. The Labute approximate surface area is 194 Å². The van der Waals surface area contributed by atoms with Gasteiger partial charge in [0.1, 0.15) is 5.82 Å². The van der Waals surface area contributed by atoms with Gasteiger partial charge in [-0.2, -0.15) is 5.10 Å². The molecule has 2 aromatic heterocycles. The smallest absolute Gasteiger partial charge is 0.194 e. The summed E-state index contributed by atoms with van der Waals surface area (Å²) in [5.41, 5.74) is 4.11. The van der Waals surface area contributed by atoms with E-state index >= 15 is 0 Å². The van der Waals surface area contributed by atoms with Gasteiger partial charge in [0.15, 0.2) is 23.3 Å². The van der Waals surface area contributed by atoms with Crippen molar-refractivity contribution in [2.24, 2.45) is 0 Å². The van der Waals surface area contributed by atoms with Crippen LogP contribution in [-0.2, 0) is 6.54 Å². The van der Waals surface area contributed by atoms with Crippen LogP contribution in [0.1, 0.15) is 46.4 Å². The van der Waals surface area contributed by atoms with E-state index in [4.69, 9.17) is 0 Å². The number of imidazole rings is 1. The maximum absolute atomic E-state index is 13.8. The minimum absolute atomic E-state index is 0.119. The Morgan fingerprint density at radius 2 is 1.82 bits per heavy atom. The van der Waals surface area contributed by atoms with Crippen molar-refractivity contribution in [3.8, 4) is 5.69 Å². The fraction of sp³-hybridized carbons (Fsp3) is 0.240. The first-order valence-electron chi connectivity index (χ1n) is 10.9. The third-order valence-electron chi connectivity index (χ3n) is 6.02. The highest BCUT2D eigenvalue weighted by molar-refractivity contribution is 5.68. The summed E-state index contributed by atoms with van der Waals surface area (Å²) in [5.74, 6) is -4.17. The lowest BCUT2D eigenvalue weighted by atomic mass is 9.88. The standard InChI is InChI=1S/C25H22F3N5O/c1-14-9-16(3-5-20(14)32-12-15(2)29-13-32)4-6-22-30-25-23(21(34)7-8-33(25)31-22)17-10-18(26)24(28)19(27)11-17/h3-6,9-13,21,23,34H,7-8H2,1-2H3/b6-4+/t21-,23+/m1/s1. The minimum Gasteiger partial charge on any atom is -0.392 e. The molecule has 6 nitrogen and oxygen atoms in total. The molecule has 174 valence electrons. The Morgan fingerprint density at radius 1 is 1.06 bits per heavy atom. The van der Waals surface area contributed by atoms with Crippen LogP contribution < -0.4 is 0 Å². The molecule has 0 radical (unpaired) electrons. The first-order valence-corrected chi connectivity index (χ1v) is 10.9. The number of halogens is 3. The molecule has 0 bridgehead atoms. The van der Waals surface area contributed by atoms with Crippen molar-refractivity contribution in [3.63, 3.8) is 0 Å². The fourth-order valence-electron chi connectivity index (χ4n) is 4.35. The Kier molecular flexibility index (Phi) is 5.57. The number of hydrogen-bond donors (Lipinski definition) is 1. The second-order valence-electron chi connectivity index (χ2n) is 8.49. The molecule has 0 saturated carbocycles. The van der Waals surface area contributed by atoms with Crippen LogP contribution in [0.3, 0.4) is 0 Å². The molecule has 1 N–H and O–H groups in total. The van der Waals surface area contributed by atoms with E-state index in [1.165, 1.54) is 0 Å². The number of hydrogen-bond acceptors (Lipinski definition) is 4. The summed E-state index contributed by atoms with van der Waals surface area (Å²) in [5, 5.41) is 15.0. The number of aliphatic hydroxyl groups is 1. The van der Waals surface area contributed by atoms with Crippen molar-refractivity contribution in [2.45, 2.75) is 38.8 Å². The Balaban J connectivity index is 1.43. The molecule has 1 aliphatic heterocycles. The summed E-state index contributed by atoms with van der Waals surface area (Å²) in [6.07, 6.45) is 6.77. The summed E-state index contributed by atoms with van der Waals surface area (Å²) in [6.45, 7) is 4.37. The van der Waals surface area contributed by atoms with Crippen molar-refractivity contribution < 1.29 is 18.3 Å². The summed E-state index contributed by atoms with van der Waals surface area (Å²) in [7, 11) is 0. The topological polar surface area (TPSA) is 68.8 Å². The summed E-state index contributed by atoms with van der Waals surface area (Å²) in [4.78, 5) is 8.76. The molecule has 0 aliphatic carbocycles. The van der Waals surface area contributed by atoms with Crippen LogP contribution in [0.15, 0.2) is 42.9 Å². The van der Waals surface area contributed by atoms with Gasteiger partial charge in [0, 0.05) is 18.4 Å². The zero-order valence-electron chi connectivity index (χ0n) is 18.6. The molecule has 9 heteroatoms. The van der Waals surface area contributed by atoms with Gasteiger partial charge in [-0.3, -0.25) is 0 Å². The SMILES string of the molecule is Cc1cn(-c2ccc(/C=C/c3nc4n(n3)CC[C@@H](O)[C@@H]4c3cc(F)c(F)c(F)c3)cc2C)cn1. The van der Waals surface area contributed by atoms with E-state index in [0.717, 1.165) is 34.6 Å². The van der Waals surface area contributed by atoms with Crippen LogP contribution >= 0.6 is 0 Å². The molecule has 2 aromatic carbocycles. The highest BCUT2D eigenvalue weighted by atomic mass is 19.2. The van der Waals surface area contributed by atoms with Gasteiger partial charge in [-0.15, -0.1) is 0 Å². The molecule has 0 spiro atoms. The normalized spacial score (nSPS) is 17.9. The molecule has 34 heavy (non-hydrogen) atoms. The number of nitrogens with zero attached hydrogens (tertiary/aromatic N) is 5. The third-order valence-corrected chi connectivity index (χ3v) is 6.02. The average molecular weight is 465 g/mol. The first kappa shape index (κ1) is 22.1. The van der Waals surface area contributed by atoms with E-state index in [9.17, 15) is 18.3 Å². The molecule has 4 aromatic rings. The van der Waals surface area contributed by atoms with E-state index in [0.29, 0.717) is 24.6 Å². The largest absolute Gasteiger partial charge is 0.392 e. The molecule has 5 rings (SSSR count). The number of aromatic nitrogens is 5. The molecule has 3 heterocycles. The van der Waals surface area contributed by atoms with E-state index in [2.05, 4.69) is 15.1 Å². The van der Waals surface area contributed by atoms with Crippen LogP contribution in [0.5, 0.6) is 0 Å². The van der Waals surface area contributed by atoms with Crippen LogP contribution in [0.25, 0.3) is 17.8 Å². The fourth-order valence-corrected chi connectivity index (χ4v) is 4.35. The van der Waals surface area contributed by atoms with E-state index in [1.807, 2.05) is 48.9 Å². The van der Waals surface area contributed by atoms with Gasteiger partial charge >= 0.3 is 0 Å². The molecular weight excluding hydrogens is 443 g/mol. The summed E-state index contributed by atoms with van der Waals surface area (Å²) >= 11 is 0. The van der Waals surface area contributed by atoms with Gasteiger partial charge in [0.2, 0.25) is 0 Å². The second-order valence-corrected chi connectivity index (χ2v) is 8.49. The lowest BCUT2D eigenvalue weighted by Crippen LogP contribution is -2.30.